The molecule has 0 aliphatic carbocycles. The normalized spacial score (nSPS) is 12.1. The van der Waals surface area contributed by atoms with Crippen molar-refractivity contribution in [1.29, 1.82) is 0 Å². The number of carbonyl (C=O) groups is 3. The topological polar surface area (TPSA) is 113 Å². The number of unbranched alkanes of at least 4 members (excludes halogenated alkanes) is 1. The Hall–Kier alpha value is -3.19. The van der Waals surface area contributed by atoms with Crippen molar-refractivity contribution in [3.8, 4) is 0 Å². The lowest BCUT2D eigenvalue weighted by Gasteiger charge is -2.16. The third-order valence-electron chi connectivity index (χ3n) is 5.23. The van der Waals surface area contributed by atoms with Crippen molar-refractivity contribution >= 4 is 23.9 Å². The zero-order valence-corrected chi connectivity index (χ0v) is 21.6. The lowest BCUT2D eigenvalue weighted by atomic mass is 10.0. The van der Waals surface area contributed by atoms with Gasteiger partial charge in [0.15, 0.2) is 0 Å². The Morgan fingerprint density at radius 1 is 0.914 bits per heavy atom. The molecular formula is C28H42N4O3. The fourth-order valence-electron chi connectivity index (χ4n) is 3.66. The zero-order chi connectivity index (χ0) is 26.1. The van der Waals surface area contributed by atoms with Crippen molar-refractivity contribution in [3.05, 3.63) is 65.7 Å². The number of rotatable bonds is 13. The molecule has 35 heavy (non-hydrogen) atoms. The van der Waals surface area contributed by atoms with Gasteiger partial charge in [-0.25, -0.2) is 0 Å². The minimum Gasteiger partial charge on any atom is -0.354 e. The molecule has 5 N–H and O–H groups in total. The van der Waals surface area contributed by atoms with Crippen LogP contribution in [0.15, 0.2) is 54.6 Å². The second kappa shape index (κ2) is 17.3. The minimum atomic E-state index is -0.514. The van der Waals surface area contributed by atoms with Gasteiger partial charge in [0.05, 0.1) is 0 Å². The van der Waals surface area contributed by atoms with Crippen molar-refractivity contribution in [2.24, 2.45) is 11.7 Å². The molecule has 0 saturated carbocycles. The van der Waals surface area contributed by atoms with Crippen molar-refractivity contribution in [2.75, 3.05) is 11.9 Å². The smallest absolute Gasteiger partial charge is 0.246 e. The van der Waals surface area contributed by atoms with Gasteiger partial charge in [-0.05, 0) is 74.8 Å². The standard InChI is InChI=1S/C17H27N3O2.C11H15NO/c1-13(2)11-14-6-8-15(9-7-14)20-17(22)16(19-12-21)5-3-4-10-18;1-9(12-10(2)13)8-11-6-4-3-5-7-11/h6-9,12-13,16H,3-5,10-11,18H2,1-2H3,(H,19,21)(H,20,22);3-7,9H,8H2,1-2H3,(H,12,13). The quantitative estimate of drug-likeness (QED) is 0.257. The average molecular weight is 483 g/mol. The van der Waals surface area contributed by atoms with Gasteiger partial charge in [0.2, 0.25) is 18.2 Å². The van der Waals surface area contributed by atoms with Gasteiger partial charge in [0.1, 0.15) is 6.04 Å². The van der Waals surface area contributed by atoms with E-state index in [1.54, 1.807) is 6.92 Å². The molecule has 7 heteroatoms. The Kier molecular flexibility index (Phi) is 14.7. The van der Waals surface area contributed by atoms with Crippen LogP contribution in [0.5, 0.6) is 0 Å². The van der Waals surface area contributed by atoms with Crippen LogP contribution in [0.3, 0.4) is 0 Å². The summed E-state index contributed by atoms with van der Waals surface area (Å²) in [4.78, 5) is 33.6. The van der Waals surface area contributed by atoms with Crippen LogP contribution in [-0.4, -0.2) is 36.9 Å². The highest BCUT2D eigenvalue weighted by Crippen LogP contribution is 2.14. The summed E-state index contributed by atoms with van der Waals surface area (Å²) in [5, 5.41) is 8.26. The van der Waals surface area contributed by atoms with Gasteiger partial charge in [0, 0.05) is 18.7 Å². The van der Waals surface area contributed by atoms with Crippen molar-refractivity contribution in [3.63, 3.8) is 0 Å². The molecule has 2 atom stereocenters. The number of hydrogen-bond acceptors (Lipinski definition) is 4. The van der Waals surface area contributed by atoms with Crippen LogP contribution < -0.4 is 21.7 Å². The third-order valence-corrected chi connectivity index (χ3v) is 5.23. The number of anilines is 1. The van der Waals surface area contributed by atoms with E-state index in [1.807, 2.05) is 49.4 Å². The van der Waals surface area contributed by atoms with Crippen LogP contribution in [0.25, 0.3) is 0 Å². The molecule has 0 fully saturated rings. The summed E-state index contributed by atoms with van der Waals surface area (Å²) < 4.78 is 0. The molecule has 0 aromatic heterocycles. The van der Waals surface area contributed by atoms with E-state index in [0.29, 0.717) is 25.3 Å². The first kappa shape index (κ1) is 29.8. The molecule has 0 bridgehead atoms. The third kappa shape index (κ3) is 14.0. The van der Waals surface area contributed by atoms with Gasteiger partial charge in [-0.2, -0.15) is 0 Å². The van der Waals surface area contributed by atoms with Gasteiger partial charge in [-0.1, -0.05) is 56.3 Å². The SMILES string of the molecule is CC(=O)NC(C)Cc1ccccc1.CC(C)Cc1ccc(NC(=O)C(CCCCN)NC=O)cc1. The van der Waals surface area contributed by atoms with Crippen LogP contribution >= 0.6 is 0 Å². The molecule has 2 aromatic rings. The molecule has 2 unspecified atom stereocenters. The highest BCUT2D eigenvalue weighted by molar-refractivity contribution is 5.95. The maximum Gasteiger partial charge on any atom is 0.246 e. The highest BCUT2D eigenvalue weighted by Gasteiger charge is 2.17. The average Bonchev–Trinajstić information content (AvgIpc) is 2.80. The number of benzene rings is 2. The molecule has 0 aliphatic rings. The molecular weight excluding hydrogens is 440 g/mol. The number of carbonyl (C=O) groups excluding carboxylic acids is 3. The Balaban J connectivity index is 0.000000400. The molecule has 0 aliphatic heterocycles. The fourth-order valence-corrected chi connectivity index (χ4v) is 3.66. The molecule has 3 amide bonds. The summed E-state index contributed by atoms with van der Waals surface area (Å²) in [5.74, 6) is 0.438. The molecule has 0 spiro atoms. The summed E-state index contributed by atoms with van der Waals surface area (Å²) in [6.07, 6.45) is 4.71. The lowest BCUT2D eigenvalue weighted by Crippen LogP contribution is -2.39. The molecule has 2 rings (SSSR count). The summed E-state index contributed by atoms with van der Waals surface area (Å²) in [6, 6.07) is 17.7. The van der Waals surface area contributed by atoms with Crippen molar-refractivity contribution in [1.82, 2.24) is 10.6 Å². The van der Waals surface area contributed by atoms with Crippen LogP contribution in [0.1, 0.15) is 58.1 Å². The molecule has 0 saturated heterocycles. The van der Waals surface area contributed by atoms with Crippen molar-refractivity contribution < 1.29 is 14.4 Å². The van der Waals surface area contributed by atoms with Gasteiger partial charge in [-0.3, -0.25) is 14.4 Å². The van der Waals surface area contributed by atoms with E-state index >= 15 is 0 Å². The van der Waals surface area contributed by atoms with Crippen LogP contribution in [0, 0.1) is 5.92 Å². The summed E-state index contributed by atoms with van der Waals surface area (Å²) in [7, 11) is 0. The van der Waals surface area contributed by atoms with Gasteiger partial charge < -0.3 is 21.7 Å². The van der Waals surface area contributed by atoms with Crippen molar-refractivity contribution in [2.45, 2.75) is 71.9 Å². The molecule has 0 heterocycles. The van der Waals surface area contributed by atoms with E-state index in [2.05, 4.69) is 41.9 Å². The Labute approximate surface area is 210 Å². The summed E-state index contributed by atoms with van der Waals surface area (Å²) in [6.45, 7) is 8.49. The molecule has 192 valence electrons. The minimum absolute atomic E-state index is 0.0310. The predicted molar refractivity (Wildman–Crippen MR) is 143 cm³/mol. The monoisotopic (exact) mass is 482 g/mol. The Morgan fingerprint density at radius 2 is 1.54 bits per heavy atom. The van der Waals surface area contributed by atoms with E-state index < -0.39 is 6.04 Å². The highest BCUT2D eigenvalue weighted by atomic mass is 16.2. The van der Waals surface area contributed by atoms with Crippen LogP contribution in [-0.2, 0) is 27.2 Å². The summed E-state index contributed by atoms with van der Waals surface area (Å²) >= 11 is 0. The van der Waals surface area contributed by atoms with Crippen LogP contribution in [0.4, 0.5) is 5.69 Å². The second-order valence-corrected chi connectivity index (χ2v) is 9.20. The first-order valence-electron chi connectivity index (χ1n) is 12.4. The maximum atomic E-state index is 12.2. The molecule has 7 nitrogen and oxygen atoms in total. The van der Waals surface area contributed by atoms with Crippen LogP contribution in [0.2, 0.25) is 0 Å². The second-order valence-electron chi connectivity index (χ2n) is 9.20. The van der Waals surface area contributed by atoms with E-state index in [1.165, 1.54) is 11.1 Å². The Morgan fingerprint density at radius 3 is 2.09 bits per heavy atom. The number of nitrogens with two attached hydrogens (primary N) is 1. The summed E-state index contributed by atoms with van der Waals surface area (Å²) in [5.41, 5.74) is 8.69. The zero-order valence-electron chi connectivity index (χ0n) is 21.6. The number of nitrogens with one attached hydrogen (secondary N) is 3. The first-order chi connectivity index (χ1) is 16.7. The largest absolute Gasteiger partial charge is 0.354 e. The predicted octanol–water partition coefficient (Wildman–Crippen LogP) is 3.82. The van der Waals surface area contributed by atoms with E-state index in [9.17, 15) is 14.4 Å². The van der Waals surface area contributed by atoms with E-state index in [4.69, 9.17) is 5.73 Å². The van der Waals surface area contributed by atoms with E-state index in [0.717, 1.165) is 31.4 Å². The maximum absolute atomic E-state index is 12.2. The molecule has 2 aromatic carbocycles. The molecule has 0 radical (unpaired) electrons. The number of hydrogen-bond donors (Lipinski definition) is 4. The Bertz CT molecular complexity index is 870. The first-order valence-corrected chi connectivity index (χ1v) is 12.4. The number of amides is 3. The van der Waals surface area contributed by atoms with Gasteiger partial charge in [-0.15, -0.1) is 0 Å². The van der Waals surface area contributed by atoms with Gasteiger partial charge in [0.25, 0.3) is 0 Å². The lowest BCUT2D eigenvalue weighted by molar-refractivity contribution is -0.121. The fraction of sp³-hybridized carbons (Fsp3) is 0.464. The van der Waals surface area contributed by atoms with Gasteiger partial charge >= 0.3 is 0 Å². The van der Waals surface area contributed by atoms with E-state index in [-0.39, 0.29) is 17.9 Å².